The quantitative estimate of drug-likeness (QED) is 0.856. The van der Waals surface area contributed by atoms with Crippen molar-refractivity contribution in [3.8, 4) is 0 Å². The molecule has 2 aromatic heterocycles. The summed E-state index contributed by atoms with van der Waals surface area (Å²) >= 11 is 0. The van der Waals surface area contributed by atoms with Crippen LogP contribution in [0.1, 0.15) is 18.5 Å². The molecule has 0 spiro atoms. The van der Waals surface area contributed by atoms with Crippen LogP contribution in [0.2, 0.25) is 0 Å². The van der Waals surface area contributed by atoms with E-state index in [1.165, 1.54) is 0 Å². The van der Waals surface area contributed by atoms with E-state index in [1.807, 2.05) is 11.3 Å². The fourth-order valence-corrected chi connectivity index (χ4v) is 1.62. The molecule has 2 aromatic rings. The smallest absolute Gasteiger partial charge is 0.303 e. The van der Waals surface area contributed by atoms with Crippen LogP contribution in [0.15, 0.2) is 24.5 Å². The molecule has 0 aliphatic rings. The zero-order valence-electron chi connectivity index (χ0n) is 9.88. The first kappa shape index (κ1) is 12.1. The molecule has 0 saturated heterocycles. The van der Waals surface area contributed by atoms with E-state index >= 15 is 0 Å². The van der Waals surface area contributed by atoms with E-state index in [9.17, 15) is 9.59 Å². The van der Waals surface area contributed by atoms with Crippen molar-refractivity contribution < 1.29 is 14.7 Å². The summed E-state index contributed by atoms with van der Waals surface area (Å²) in [6, 6.07) is 3.53. The van der Waals surface area contributed by atoms with Gasteiger partial charge in [-0.2, -0.15) is 0 Å². The number of anilines is 1. The highest BCUT2D eigenvalue weighted by Crippen LogP contribution is 2.12. The van der Waals surface area contributed by atoms with Crippen molar-refractivity contribution in [3.63, 3.8) is 0 Å². The molecule has 0 aliphatic carbocycles. The number of carbonyl (C=O) groups excluding carboxylic acids is 1. The number of aliphatic carboxylic acids is 1. The lowest BCUT2D eigenvalue weighted by atomic mass is 10.3. The number of hydrogen-bond acceptors (Lipinski definition) is 3. The lowest BCUT2D eigenvalue weighted by Gasteiger charge is -2.05. The van der Waals surface area contributed by atoms with Gasteiger partial charge in [-0.15, -0.1) is 0 Å². The largest absolute Gasteiger partial charge is 0.481 e. The molecule has 0 radical (unpaired) electrons. The van der Waals surface area contributed by atoms with Crippen molar-refractivity contribution in [2.75, 3.05) is 5.32 Å². The average Bonchev–Trinajstić information content (AvgIpc) is 2.69. The molecular formula is C12H13N3O3. The molecule has 0 bridgehead atoms. The molecule has 0 atom stereocenters. The summed E-state index contributed by atoms with van der Waals surface area (Å²) in [5.41, 5.74) is 2.39. The number of hydrogen-bond donors (Lipinski definition) is 2. The van der Waals surface area contributed by atoms with Crippen LogP contribution in [0.25, 0.3) is 5.65 Å². The summed E-state index contributed by atoms with van der Waals surface area (Å²) in [7, 11) is 0. The first-order valence-corrected chi connectivity index (χ1v) is 5.51. The van der Waals surface area contributed by atoms with Gasteiger partial charge in [0, 0.05) is 24.5 Å². The van der Waals surface area contributed by atoms with Crippen molar-refractivity contribution >= 4 is 23.2 Å². The summed E-state index contributed by atoms with van der Waals surface area (Å²) in [4.78, 5) is 26.0. The van der Waals surface area contributed by atoms with Gasteiger partial charge in [0.2, 0.25) is 5.91 Å². The van der Waals surface area contributed by atoms with Gasteiger partial charge in [-0.1, -0.05) is 0 Å². The van der Waals surface area contributed by atoms with Gasteiger partial charge in [0.05, 0.1) is 12.1 Å². The molecule has 0 aromatic carbocycles. The van der Waals surface area contributed by atoms with Crippen molar-refractivity contribution in [3.05, 3.63) is 30.2 Å². The number of carbonyl (C=O) groups is 2. The number of carboxylic acids is 1. The second kappa shape index (κ2) is 4.87. The van der Waals surface area contributed by atoms with Crippen LogP contribution in [0.5, 0.6) is 0 Å². The van der Waals surface area contributed by atoms with Crippen LogP contribution in [0, 0.1) is 6.92 Å². The lowest BCUT2D eigenvalue weighted by Crippen LogP contribution is -2.13. The van der Waals surface area contributed by atoms with Crippen LogP contribution in [0.4, 0.5) is 5.69 Å². The minimum Gasteiger partial charge on any atom is -0.481 e. The summed E-state index contributed by atoms with van der Waals surface area (Å²) < 4.78 is 1.85. The van der Waals surface area contributed by atoms with Crippen LogP contribution in [-0.4, -0.2) is 26.4 Å². The van der Waals surface area contributed by atoms with Gasteiger partial charge in [0.15, 0.2) is 0 Å². The van der Waals surface area contributed by atoms with Crippen LogP contribution in [-0.2, 0) is 9.59 Å². The lowest BCUT2D eigenvalue weighted by molar-refractivity contribution is -0.138. The predicted molar refractivity (Wildman–Crippen MR) is 65.4 cm³/mol. The first-order chi connectivity index (χ1) is 8.56. The molecule has 18 heavy (non-hydrogen) atoms. The van der Waals surface area contributed by atoms with E-state index in [-0.39, 0.29) is 18.7 Å². The molecule has 0 unspecified atom stereocenters. The maximum absolute atomic E-state index is 11.5. The number of pyridine rings is 1. The van der Waals surface area contributed by atoms with Gasteiger partial charge < -0.3 is 14.8 Å². The summed E-state index contributed by atoms with van der Waals surface area (Å²) in [5.74, 6) is -1.29. The molecule has 0 saturated carbocycles. The Morgan fingerprint density at radius 2 is 2.17 bits per heavy atom. The van der Waals surface area contributed by atoms with Crippen molar-refractivity contribution in [1.82, 2.24) is 9.38 Å². The van der Waals surface area contributed by atoms with E-state index in [0.29, 0.717) is 5.69 Å². The Balaban J connectivity index is 2.09. The average molecular weight is 247 g/mol. The molecule has 2 N–H and O–H groups in total. The Bertz CT molecular complexity index is 604. The first-order valence-electron chi connectivity index (χ1n) is 5.51. The highest BCUT2D eigenvalue weighted by molar-refractivity contribution is 5.92. The van der Waals surface area contributed by atoms with Gasteiger partial charge >= 0.3 is 5.97 Å². The number of fused-ring (bicyclic) bond motifs is 1. The maximum atomic E-state index is 11.5. The Kier molecular flexibility index (Phi) is 3.27. The molecule has 6 nitrogen and oxygen atoms in total. The molecule has 0 fully saturated rings. The standard InChI is InChI=1S/C12H13N3O3/c1-8-6-13-10-3-2-9(7-15(8)10)14-11(16)4-5-12(17)18/h2-3,6-7H,4-5H2,1H3,(H,14,16)(H,17,18). The maximum Gasteiger partial charge on any atom is 0.303 e. The van der Waals surface area contributed by atoms with E-state index in [2.05, 4.69) is 10.3 Å². The molecule has 6 heteroatoms. The Morgan fingerprint density at radius 1 is 1.39 bits per heavy atom. The fraction of sp³-hybridized carbons (Fsp3) is 0.250. The van der Waals surface area contributed by atoms with E-state index in [1.54, 1.807) is 24.5 Å². The van der Waals surface area contributed by atoms with E-state index in [4.69, 9.17) is 5.11 Å². The third-order valence-corrected chi connectivity index (χ3v) is 2.54. The number of aromatic nitrogens is 2. The summed E-state index contributed by atoms with van der Waals surface area (Å²) in [5, 5.41) is 11.1. The third-order valence-electron chi connectivity index (χ3n) is 2.54. The zero-order chi connectivity index (χ0) is 13.1. The van der Waals surface area contributed by atoms with Crippen LogP contribution in [0.3, 0.4) is 0 Å². The highest BCUT2D eigenvalue weighted by Gasteiger charge is 2.07. The van der Waals surface area contributed by atoms with Gasteiger partial charge in [0.1, 0.15) is 5.65 Å². The minimum absolute atomic E-state index is 0.0315. The zero-order valence-corrected chi connectivity index (χ0v) is 9.88. The van der Waals surface area contributed by atoms with Gasteiger partial charge in [-0.3, -0.25) is 9.59 Å². The Labute approximate surface area is 103 Å². The summed E-state index contributed by atoms with van der Waals surface area (Å²) in [6.07, 6.45) is 3.30. The predicted octanol–water partition coefficient (Wildman–Crippen LogP) is 1.45. The number of aryl methyl sites for hydroxylation is 1. The van der Waals surface area contributed by atoms with Gasteiger partial charge in [-0.05, 0) is 19.1 Å². The number of rotatable bonds is 4. The molecule has 0 aliphatic heterocycles. The third kappa shape index (κ3) is 2.65. The van der Waals surface area contributed by atoms with Crippen molar-refractivity contribution in [1.29, 1.82) is 0 Å². The number of imidazole rings is 1. The Morgan fingerprint density at radius 3 is 2.89 bits per heavy atom. The normalized spacial score (nSPS) is 10.5. The number of nitrogens with zero attached hydrogens (tertiary/aromatic N) is 2. The van der Waals surface area contributed by atoms with Crippen molar-refractivity contribution in [2.24, 2.45) is 0 Å². The SMILES string of the molecule is Cc1cnc2ccc(NC(=O)CCC(=O)O)cn12. The molecule has 2 rings (SSSR count). The highest BCUT2D eigenvalue weighted by atomic mass is 16.4. The van der Waals surface area contributed by atoms with Gasteiger partial charge in [-0.25, -0.2) is 4.98 Å². The van der Waals surface area contributed by atoms with Crippen LogP contribution >= 0.6 is 0 Å². The number of carboxylic acid groups (broad SMARTS) is 1. The number of nitrogens with one attached hydrogen (secondary N) is 1. The van der Waals surface area contributed by atoms with Crippen molar-refractivity contribution in [2.45, 2.75) is 19.8 Å². The second-order valence-corrected chi connectivity index (χ2v) is 3.99. The fourth-order valence-electron chi connectivity index (χ4n) is 1.62. The van der Waals surface area contributed by atoms with Crippen LogP contribution < -0.4 is 5.32 Å². The topological polar surface area (TPSA) is 83.7 Å². The molecule has 1 amide bonds. The molecular weight excluding hydrogens is 234 g/mol. The van der Waals surface area contributed by atoms with Gasteiger partial charge in [0.25, 0.3) is 0 Å². The van der Waals surface area contributed by atoms with E-state index in [0.717, 1.165) is 11.3 Å². The minimum atomic E-state index is -0.981. The second-order valence-electron chi connectivity index (χ2n) is 3.99. The van der Waals surface area contributed by atoms with E-state index < -0.39 is 5.97 Å². The molecule has 94 valence electrons. The Hall–Kier alpha value is -2.37. The monoisotopic (exact) mass is 247 g/mol. The molecule has 2 heterocycles. The summed E-state index contributed by atoms with van der Waals surface area (Å²) in [6.45, 7) is 1.91. The number of amides is 1.